The molecule has 0 radical (unpaired) electrons. The van der Waals surface area contributed by atoms with Crippen LogP contribution in [-0.2, 0) is 8.85 Å². The van der Waals surface area contributed by atoms with E-state index < -0.39 is 8.32 Å². The fourth-order valence-corrected chi connectivity index (χ4v) is 4.16. The molecule has 0 aromatic rings. The van der Waals surface area contributed by atoms with Gasteiger partial charge in [0.2, 0.25) is 0 Å². The Hall–Kier alpha value is 0.354. The molecule has 0 aliphatic rings. The summed E-state index contributed by atoms with van der Waals surface area (Å²) in [5.74, 6) is 0. The first-order valence-corrected chi connectivity index (χ1v) is 9.18. The Morgan fingerprint density at radius 3 is 2.36 bits per heavy atom. The van der Waals surface area contributed by atoms with Crippen molar-refractivity contribution >= 4 is 18.1 Å². The Bertz CT molecular complexity index is 90.9. The van der Waals surface area contributed by atoms with Crippen molar-refractivity contribution in [1.29, 1.82) is 0 Å². The maximum atomic E-state index is 5.80. The quantitative estimate of drug-likeness (QED) is 0.467. The van der Waals surface area contributed by atoms with E-state index in [0.717, 1.165) is 6.61 Å². The lowest BCUT2D eigenvalue weighted by atomic mass is 10.5. The third kappa shape index (κ3) is 10.4. The van der Waals surface area contributed by atoms with E-state index in [0.29, 0.717) is 0 Å². The molecule has 0 N–H and O–H groups in total. The molecule has 11 heavy (non-hydrogen) atoms. The van der Waals surface area contributed by atoms with Gasteiger partial charge in [-0.15, -0.1) is 0 Å². The van der Waals surface area contributed by atoms with E-state index in [1.807, 2.05) is 0 Å². The Balaban J connectivity index is 3.02. The summed E-state index contributed by atoms with van der Waals surface area (Å²) in [4.78, 5) is 0. The Kier molecular flexibility index (Phi) is 6.13. The highest BCUT2D eigenvalue weighted by Crippen LogP contribution is 2.02. The summed E-state index contributed by atoms with van der Waals surface area (Å²) in [5, 5.41) is 0. The molecule has 0 amide bonds. The SMILES string of the molecule is COCCC[SiH2]O[Si](C)(C)C. The molecule has 68 valence electrons. The van der Waals surface area contributed by atoms with Crippen LogP contribution >= 0.6 is 0 Å². The summed E-state index contributed by atoms with van der Waals surface area (Å²) < 4.78 is 10.8. The van der Waals surface area contributed by atoms with Gasteiger partial charge in [0.15, 0.2) is 8.32 Å². The van der Waals surface area contributed by atoms with Crippen molar-refractivity contribution in [3.63, 3.8) is 0 Å². The smallest absolute Gasteiger partial charge is 0.169 e. The van der Waals surface area contributed by atoms with E-state index in [2.05, 4.69) is 19.6 Å². The monoisotopic (exact) mass is 192 g/mol. The Morgan fingerprint density at radius 1 is 1.27 bits per heavy atom. The van der Waals surface area contributed by atoms with Crippen LogP contribution in [0.1, 0.15) is 6.42 Å². The van der Waals surface area contributed by atoms with Crippen LogP contribution in [0, 0.1) is 0 Å². The average molecular weight is 192 g/mol. The maximum absolute atomic E-state index is 5.80. The predicted molar refractivity (Wildman–Crippen MR) is 54.3 cm³/mol. The fourth-order valence-electron chi connectivity index (χ4n) is 0.727. The molecular weight excluding hydrogens is 172 g/mol. The molecule has 0 spiro atoms. The van der Waals surface area contributed by atoms with Crippen molar-refractivity contribution in [2.75, 3.05) is 13.7 Å². The molecule has 0 aromatic heterocycles. The molecule has 0 aliphatic heterocycles. The predicted octanol–water partition coefficient (Wildman–Crippen LogP) is 1.38. The Morgan fingerprint density at radius 2 is 1.91 bits per heavy atom. The molecule has 0 saturated carbocycles. The molecule has 0 aliphatic carbocycles. The topological polar surface area (TPSA) is 18.5 Å². The Labute approximate surface area is 73.4 Å². The van der Waals surface area contributed by atoms with Gasteiger partial charge in [-0.3, -0.25) is 0 Å². The average Bonchev–Trinajstić information content (AvgIpc) is 1.85. The molecule has 0 rings (SSSR count). The van der Waals surface area contributed by atoms with Crippen LogP contribution in [0.25, 0.3) is 0 Å². The van der Waals surface area contributed by atoms with Gasteiger partial charge in [-0.25, -0.2) is 0 Å². The third-order valence-corrected chi connectivity index (χ3v) is 6.35. The van der Waals surface area contributed by atoms with E-state index >= 15 is 0 Å². The van der Waals surface area contributed by atoms with Gasteiger partial charge in [0.1, 0.15) is 9.76 Å². The zero-order chi connectivity index (χ0) is 8.74. The summed E-state index contributed by atoms with van der Waals surface area (Å²) in [6.45, 7) is 7.63. The third-order valence-electron chi connectivity index (χ3n) is 1.28. The highest BCUT2D eigenvalue weighted by atomic mass is 28.4. The van der Waals surface area contributed by atoms with E-state index in [4.69, 9.17) is 8.85 Å². The minimum absolute atomic E-state index is 0.231. The second-order valence-corrected chi connectivity index (χ2v) is 10.2. The normalized spacial score (nSPS) is 13.1. The van der Waals surface area contributed by atoms with Gasteiger partial charge >= 0.3 is 0 Å². The molecule has 4 heteroatoms. The molecule has 0 atom stereocenters. The van der Waals surface area contributed by atoms with Crippen LogP contribution in [0.2, 0.25) is 25.7 Å². The van der Waals surface area contributed by atoms with Crippen LogP contribution in [0.15, 0.2) is 0 Å². The summed E-state index contributed by atoms with van der Waals surface area (Å²) in [5.41, 5.74) is 0. The fraction of sp³-hybridized carbons (Fsp3) is 1.00. The van der Waals surface area contributed by atoms with Crippen LogP contribution in [-0.4, -0.2) is 31.8 Å². The standard InChI is InChI=1S/C7H20O2Si2/c1-8-6-5-7-10-9-11(2,3)4/h5-7,10H2,1-4H3. The van der Waals surface area contributed by atoms with Gasteiger partial charge in [-0.05, 0) is 32.1 Å². The van der Waals surface area contributed by atoms with Crippen LogP contribution in [0.4, 0.5) is 0 Å². The zero-order valence-corrected chi connectivity index (χ0v) is 10.6. The first-order valence-electron chi connectivity index (χ1n) is 4.19. The summed E-state index contributed by atoms with van der Waals surface area (Å²) in [7, 11) is 0.323. The van der Waals surface area contributed by atoms with Gasteiger partial charge in [0.05, 0.1) is 0 Å². The number of hydrogen-bond acceptors (Lipinski definition) is 2. The van der Waals surface area contributed by atoms with Crippen molar-refractivity contribution in [3.8, 4) is 0 Å². The molecule has 0 bridgehead atoms. The van der Waals surface area contributed by atoms with Gasteiger partial charge in [0.25, 0.3) is 0 Å². The van der Waals surface area contributed by atoms with Gasteiger partial charge < -0.3 is 8.85 Å². The highest BCUT2D eigenvalue weighted by molar-refractivity contribution is 6.73. The lowest BCUT2D eigenvalue weighted by molar-refractivity contribution is 0.198. The van der Waals surface area contributed by atoms with E-state index in [-0.39, 0.29) is 9.76 Å². The van der Waals surface area contributed by atoms with Crippen molar-refractivity contribution in [2.24, 2.45) is 0 Å². The number of hydrogen-bond donors (Lipinski definition) is 0. The molecule has 0 aromatic carbocycles. The molecule has 2 nitrogen and oxygen atoms in total. The van der Waals surface area contributed by atoms with Gasteiger partial charge in [-0.2, -0.15) is 0 Å². The number of rotatable bonds is 6. The lowest BCUT2D eigenvalue weighted by Gasteiger charge is -2.16. The molecule has 0 saturated heterocycles. The van der Waals surface area contributed by atoms with Crippen molar-refractivity contribution in [2.45, 2.75) is 32.1 Å². The largest absolute Gasteiger partial charge is 0.461 e. The minimum atomic E-state index is -1.20. The van der Waals surface area contributed by atoms with E-state index in [1.165, 1.54) is 12.5 Å². The highest BCUT2D eigenvalue weighted by Gasteiger charge is 2.12. The summed E-state index contributed by atoms with van der Waals surface area (Å²) >= 11 is 0. The van der Waals surface area contributed by atoms with Crippen molar-refractivity contribution in [3.05, 3.63) is 0 Å². The van der Waals surface area contributed by atoms with E-state index in [9.17, 15) is 0 Å². The summed E-state index contributed by atoms with van der Waals surface area (Å²) in [6, 6.07) is 1.26. The van der Waals surface area contributed by atoms with Gasteiger partial charge in [-0.1, -0.05) is 0 Å². The zero-order valence-electron chi connectivity index (χ0n) is 8.14. The first-order chi connectivity index (χ1) is 5.06. The first kappa shape index (κ1) is 11.4. The van der Waals surface area contributed by atoms with Crippen LogP contribution in [0.5, 0.6) is 0 Å². The maximum Gasteiger partial charge on any atom is 0.169 e. The van der Waals surface area contributed by atoms with E-state index in [1.54, 1.807) is 7.11 Å². The molecule has 0 heterocycles. The van der Waals surface area contributed by atoms with Crippen molar-refractivity contribution < 1.29 is 8.85 Å². The number of methoxy groups -OCH3 is 1. The minimum Gasteiger partial charge on any atom is -0.461 e. The molecular formula is C7H20O2Si2. The van der Waals surface area contributed by atoms with Crippen LogP contribution < -0.4 is 0 Å². The second-order valence-electron chi connectivity index (χ2n) is 3.66. The van der Waals surface area contributed by atoms with Gasteiger partial charge in [0, 0.05) is 13.7 Å². The molecule has 0 unspecified atom stereocenters. The lowest BCUT2D eigenvalue weighted by Crippen LogP contribution is -2.27. The second kappa shape index (κ2) is 5.94. The molecule has 0 fully saturated rings. The summed E-state index contributed by atoms with van der Waals surface area (Å²) in [6.07, 6.45) is 1.17. The van der Waals surface area contributed by atoms with Crippen LogP contribution in [0.3, 0.4) is 0 Å². The number of ether oxygens (including phenoxy) is 1. The van der Waals surface area contributed by atoms with Crippen molar-refractivity contribution in [1.82, 2.24) is 0 Å².